The lowest BCUT2D eigenvalue weighted by molar-refractivity contribution is 0.623. The Morgan fingerprint density at radius 2 is 1.91 bits per heavy atom. The van der Waals surface area contributed by atoms with E-state index < -0.39 is 0 Å². The van der Waals surface area contributed by atoms with Crippen LogP contribution >= 0.6 is 11.6 Å². The Balaban J connectivity index is 1.73. The van der Waals surface area contributed by atoms with Gasteiger partial charge in [-0.3, -0.25) is 0 Å². The molecule has 3 aromatic rings. The molecule has 2 aromatic carbocycles. The molecule has 112 valence electrons. The summed E-state index contributed by atoms with van der Waals surface area (Å²) in [6.45, 7) is 1.86. The van der Waals surface area contributed by atoms with Gasteiger partial charge in [0.1, 0.15) is 11.6 Å². The number of anilines is 1. The van der Waals surface area contributed by atoms with E-state index >= 15 is 0 Å². The van der Waals surface area contributed by atoms with E-state index in [1.54, 1.807) is 12.1 Å². The molecule has 0 spiro atoms. The van der Waals surface area contributed by atoms with E-state index in [1.807, 2.05) is 24.3 Å². The molecule has 5 heteroatoms. The molecule has 1 fully saturated rings. The van der Waals surface area contributed by atoms with Gasteiger partial charge in [0.05, 0.1) is 16.7 Å². The topological polar surface area (TPSA) is 31.9 Å². The minimum atomic E-state index is -0.196. The van der Waals surface area contributed by atoms with Crippen molar-refractivity contribution in [2.24, 2.45) is 0 Å². The van der Waals surface area contributed by atoms with Crippen molar-refractivity contribution in [1.82, 2.24) is 9.97 Å². The van der Waals surface area contributed by atoms with E-state index in [0.29, 0.717) is 16.5 Å². The van der Waals surface area contributed by atoms with Crippen molar-refractivity contribution in [1.29, 1.82) is 0 Å². The molecule has 1 aliphatic heterocycles. The summed E-state index contributed by atoms with van der Waals surface area (Å²) in [5.41, 5.74) is 3.10. The van der Waals surface area contributed by atoms with Crippen LogP contribution in [0.2, 0.25) is 5.02 Å². The first-order valence-electron chi connectivity index (χ1n) is 7.41. The Kier molecular flexibility index (Phi) is 3.26. The summed E-state index contributed by atoms with van der Waals surface area (Å²) in [6.07, 6.45) is 2.26. The van der Waals surface area contributed by atoms with E-state index in [9.17, 15) is 4.39 Å². The van der Waals surface area contributed by atoms with Gasteiger partial charge in [0.15, 0.2) is 0 Å². The quantitative estimate of drug-likeness (QED) is 0.748. The van der Waals surface area contributed by atoms with Gasteiger partial charge in [0.25, 0.3) is 0 Å². The van der Waals surface area contributed by atoms with Crippen molar-refractivity contribution in [3.63, 3.8) is 0 Å². The van der Waals surface area contributed by atoms with Crippen LogP contribution in [0.1, 0.15) is 12.8 Å². The molecule has 0 radical (unpaired) electrons. The van der Waals surface area contributed by atoms with E-state index in [-0.39, 0.29) is 5.82 Å². The third-order valence-electron chi connectivity index (χ3n) is 4.11. The van der Waals surface area contributed by atoms with Crippen LogP contribution in [0.15, 0.2) is 36.4 Å². The monoisotopic (exact) mass is 315 g/mol. The van der Waals surface area contributed by atoms with Gasteiger partial charge in [-0.1, -0.05) is 11.6 Å². The number of hydrogen-bond donors (Lipinski definition) is 1. The van der Waals surface area contributed by atoms with Crippen LogP contribution < -0.4 is 4.90 Å². The van der Waals surface area contributed by atoms with Crippen molar-refractivity contribution in [3.8, 4) is 11.4 Å². The van der Waals surface area contributed by atoms with E-state index in [0.717, 1.165) is 42.5 Å². The number of imidazole rings is 1. The van der Waals surface area contributed by atoms with Gasteiger partial charge >= 0.3 is 0 Å². The van der Waals surface area contributed by atoms with Gasteiger partial charge in [-0.15, -0.1) is 0 Å². The number of hydrogen-bond acceptors (Lipinski definition) is 2. The number of halogens is 2. The lowest BCUT2D eigenvalue weighted by atomic mass is 10.1. The second-order valence-electron chi connectivity index (χ2n) is 5.61. The van der Waals surface area contributed by atoms with Crippen LogP contribution in [-0.4, -0.2) is 23.1 Å². The third-order valence-corrected chi connectivity index (χ3v) is 4.35. The normalized spacial score (nSPS) is 14.9. The van der Waals surface area contributed by atoms with Gasteiger partial charge in [-0.25, -0.2) is 9.37 Å². The average Bonchev–Trinajstić information content (AvgIpc) is 3.15. The van der Waals surface area contributed by atoms with Gasteiger partial charge < -0.3 is 9.88 Å². The van der Waals surface area contributed by atoms with E-state index in [4.69, 9.17) is 11.6 Å². The highest BCUT2D eigenvalue weighted by Gasteiger charge is 2.17. The van der Waals surface area contributed by atoms with Gasteiger partial charge in [0.2, 0.25) is 0 Å². The van der Waals surface area contributed by atoms with Crippen molar-refractivity contribution in [3.05, 3.63) is 47.2 Å². The molecule has 4 rings (SSSR count). The SMILES string of the molecule is Fc1cc(-c2nc3ccc(Cl)cc3[nH]2)ccc1N1CCCC1. The summed E-state index contributed by atoms with van der Waals surface area (Å²) >= 11 is 5.98. The second kappa shape index (κ2) is 5.29. The van der Waals surface area contributed by atoms with Gasteiger partial charge in [-0.05, 0) is 49.2 Å². The first-order chi connectivity index (χ1) is 10.7. The predicted molar refractivity (Wildman–Crippen MR) is 87.9 cm³/mol. The first-order valence-corrected chi connectivity index (χ1v) is 7.79. The average molecular weight is 316 g/mol. The van der Waals surface area contributed by atoms with Crippen LogP contribution in [0.5, 0.6) is 0 Å². The number of fused-ring (bicyclic) bond motifs is 1. The number of benzene rings is 2. The fourth-order valence-corrected chi connectivity index (χ4v) is 3.16. The Morgan fingerprint density at radius 1 is 1.09 bits per heavy atom. The summed E-state index contributed by atoms with van der Waals surface area (Å²) in [7, 11) is 0. The second-order valence-corrected chi connectivity index (χ2v) is 6.04. The minimum absolute atomic E-state index is 0.196. The van der Waals surface area contributed by atoms with Crippen LogP contribution in [-0.2, 0) is 0 Å². The molecule has 1 aromatic heterocycles. The zero-order valence-corrected chi connectivity index (χ0v) is 12.7. The maximum Gasteiger partial charge on any atom is 0.147 e. The number of rotatable bonds is 2. The molecule has 0 bridgehead atoms. The Morgan fingerprint density at radius 3 is 2.68 bits per heavy atom. The van der Waals surface area contributed by atoms with Crippen molar-refractivity contribution >= 4 is 28.3 Å². The zero-order chi connectivity index (χ0) is 15.1. The standard InChI is InChI=1S/C17H15ClFN3/c18-12-4-5-14-15(10-12)21-17(20-14)11-3-6-16(13(19)9-11)22-7-1-2-8-22/h3-6,9-10H,1-2,7-8H2,(H,20,21). The van der Waals surface area contributed by atoms with Crippen LogP contribution in [0.3, 0.4) is 0 Å². The summed E-state index contributed by atoms with van der Waals surface area (Å²) in [4.78, 5) is 9.79. The molecule has 22 heavy (non-hydrogen) atoms. The fourth-order valence-electron chi connectivity index (χ4n) is 2.99. The molecule has 0 saturated carbocycles. The molecule has 0 aliphatic carbocycles. The van der Waals surface area contributed by atoms with Gasteiger partial charge in [-0.2, -0.15) is 0 Å². The smallest absolute Gasteiger partial charge is 0.147 e. The van der Waals surface area contributed by atoms with E-state index in [2.05, 4.69) is 14.9 Å². The zero-order valence-electron chi connectivity index (χ0n) is 11.9. The van der Waals surface area contributed by atoms with Crippen molar-refractivity contribution in [2.45, 2.75) is 12.8 Å². The Labute approximate surface area is 132 Å². The van der Waals surface area contributed by atoms with Crippen LogP contribution in [0, 0.1) is 5.82 Å². The van der Waals surface area contributed by atoms with Gasteiger partial charge in [0, 0.05) is 23.7 Å². The molecule has 3 nitrogen and oxygen atoms in total. The highest BCUT2D eigenvalue weighted by Crippen LogP contribution is 2.29. The van der Waals surface area contributed by atoms with Crippen molar-refractivity contribution < 1.29 is 4.39 Å². The molecule has 0 atom stereocenters. The number of aromatic nitrogens is 2. The molecule has 2 heterocycles. The Bertz CT molecular complexity index is 837. The minimum Gasteiger partial charge on any atom is -0.369 e. The molecule has 1 aliphatic rings. The highest BCUT2D eigenvalue weighted by atomic mass is 35.5. The fraction of sp³-hybridized carbons (Fsp3) is 0.235. The summed E-state index contributed by atoms with van der Waals surface area (Å²) in [6, 6.07) is 10.8. The predicted octanol–water partition coefficient (Wildman–Crippen LogP) is 4.62. The largest absolute Gasteiger partial charge is 0.369 e. The summed E-state index contributed by atoms with van der Waals surface area (Å²) in [5, 5.41) is 0.651. The number of H-pyrrole nitrogens is 1. The molecule has 0 amide bonds. The molecule has 0 unspecified atom stereocenters. The van der Waals surface area contributed by atoms with E-state index in [1.165, 1.54) is 0 Å². The first kappa shape index (κ1) is 13.6. The maximum absolute atomic E-state index is 14.4. The Hall–Kier alpha value is -2.07. The van der Waals surface area contributed by atoms with Crippen LogP contribution in [0.4, 0.5) is 10.1 Å². The number of nitrogens with one attached hydrogen (secondary N) is 1. The molecule has 1 saturated heterocycles. The highest BCUT2D eigenvalue weighted by molar-refractivity contribution is 6.31. The molecular formula is C17H15ClFN3. The van der Waals surface area contributed by atoms with Crippen LogP contribution in [0.25, 0.3) is 22.4 Å². The number of nitrogens with zero attached hydrogens (tertiary/aromatic N) is 2. The molecule has 1 N–H and O–H groups in total. The molecular weight excluding hydrogens is 301 g/mol. The van der Waals surface area contributed by atoms with Crippen molar-refractivity contribution in [2.75, 3.05) is 18.0 Å². The maximum atomic E-state index is 14.4. The third kappa shape index (κ3) is 2.33. The lowest BCUT2D eigenvalue weighted by Crippen LogP contribution is -2.18. The summed E-state index contributed by atoms with van der Waals surface area (Å²) < 4.78 is 14.4. The lowest BCUT2D eigenvalue weighted by Gasteiger charge is -2.18. The summed E-state index contributed by atoms with van der Waals surface area (Å²) in [5.74, 6) is 0.460. The number of aromatic amines is 1.